The van der Waals surface area contributed by atoms with Gasteiger partial charge < -0.3 is 8.97 Å². The molecule has 0 amide bonds. The fourth-order valence-electron chi connectivity index (χ4n) is 11.1. The summed E-state index contributed by atoms with van der Waals surface area (Å²) in [4.78, 5) is 5.21. The Morgan fingerprint density at radius 2 is 1.36 bits per heavy atom. The first-order valence-electron chi connectivity index (χ1n) is 21.5. The lowest BCUT2D eigenvalue weighted by Gasteiger charge is -2.16. The van der Waals surface area contributed by atoms with E-state index >= 15 is 0 Å². The van der Waals surface area contributed by atoms with Crippen molar-refractivity contribution in [3.8, 4) is 27.9 Å². The molecular weight excluding hydrogens is 715 g/mol. The number of aromatic nitrogens is 3. The van der Waals surface area contributed by atoms with Gasteiger partial charge in [0.2, 0.25) is 0 Å². The van der Waals surface area contributed by atoms with Gasteiger partial charge in [-0.1, -0.05) is 123 Å². The number of hydrogen-bond donors (Lipinski definition) is 0. The zero-order valence-electron chi connectivity index (χ0n) is 34.7. The maximum Gasteiger partial charge on any atom is 0.0728 e. The van der Waals surface area contributed by atoms with E-state index in [1.54, 1.807) is 0 Å². The average molecular weight is 764 g/mol. The molecular formula is C56H49N3. The summed E-state index contributed by atoms with van der Waals surface area (Å²) in [7, 11) is 0. The minimum atomic E-state index is 0.354. The Hall–Kier alpha value is -6.45. The zero-order chi connectivity index (χ0) is 40.1. The molecule has 0 bridgehead atoms. The predicted molar refractivity (Wildman–Crippen MR) is 253 cm³/mol. The van der Waals surface area contributed by atoms with E-state index in [1.165, 1.54) is 110 Å². The van der Waals surface area contributed by atoms with Crippen LogP contribution in [0.1, 0.15) is 88.7 Å². The highest BCUT2D eigenvalue weighted by Gasteiger charge is 2.32. The van der Waals surface area contributed by atoms with Crippen LogP contribution in [-0.2, 0) is 0 Å². The maximum atomic E-state index is 5.21. The molecule has 0 spiro atoms. The van der Waals surface area contributed by atoms with E-state index < -0.39 is 0 Å². The molecule has 59 heavy (non-hydrogen) atoms. The van der Waals surface area contributed by atoms with Crippen molar-refractivity contribution in [1.82, 2.24) is 14.0 Å². The second-order valence-electron chi connectivity index (χ2n) is 17.3. The third-order valence-electron chi connectivity index (χ3n) is 13.5. The standard InChI is InChI=1S/C56H49N3/c1-7-36-29-48-54(42(36)8-2)55-47-31-41(30-46-53(43-26-34(5)24-33(4)25-35(43)6)49(9-3)59(56(46)47)52(55)32-57-48)58-50-22-20-39(37-16-12-10-13-17-37)27-44(50)45-28-40(21-23-51(45)58)38-18-14-11-15-19-38/h9-23,26-33,42H,3,7-8,24-25H2,1-2,4-6H3. The van der Waals surface area contributed by atoms with E-state index in [1.807, 2.05) is 0 Å². The molecule has 0 saturated heterocycles. The Morgan fingerprint density at radius 1 is 0.712 bits per heavy atom. The quantitative estimate of drug-likeness (QED) is 0.158. The highest BCUT2D eigenvalue weighted by Crippen LogP contribution is 2.50. The molecule has 4 aromatic heterocycles. The van der Waals surface area contributed by atoms with Crippen LogP contribution in [0.2, 0.25) is 0 Å². The second-order valence-corrected chi connectivity index (χ2v) is 17.3. The van der Waals surface area contributed by atoms with Crippen molar-refractivity contribution < 1.29 is 0 Å². The van der Waals surface area contributed by atoms with Crippen molar-refractivity contribution in [3.05, 3.63) is 167 Å². The highest BCUT2D eigenvalue weighted by atomic mass is 15.0. The molecule has 4 heterocycles. The van der Waals surface area contributed by atoms with E-state index in [4.69, 9.17) is 4.98 Å². The number of allylic oxidation sites excluding steroid dienone is 5. The summed E-state index contributed by atoms with van der Waals surface area (Å²) in [6.45, 7) is 16.2. The second kappa shape index (κ2) is 13.6. The summed E-state index contributed by atoms with van der Waals surface area (Å²) in [6, 6.07) is 40.6. The number of nitrogens with zero attached hydrogens (tertiary/aromatic N) is 3. The van der Waals surface area contributed by atoms with Gasteiger partial charge in [0.1, 0.15) is 0 Å². The molecule has 0 saturated carbocycles. The predicted octanol–water partition coefficient (Wildman–Crippen LogP) is 15.6. The lowest BCUT2D eigenvalue weighted by atomic mass is 9.89. The highest BCUT2D eigenvalue weighted by molar-refractivity contribution is 6.21. The number of pyridine rings is 1. The van der Waals surface area contributed by atoms with Gasteiger partial charge in [0.05, 0.1) is 39.7 Å². The van der Waals surface area contributed by atoms with E-state index in [0.717, 1.165) is 37.1 Å². The summed E-state index contributed by atoms with van der Waals surface area (Å²) >= 11 is 0. The first kappa shape index (κ1) is 35.7. The monoisotopic (exact) mass is 763 g/mol. The summed E-state index contributed by atoms with van der Waals surface area (Å²) < 4.78 is 5.03. The largest absolute Gasteiger partial charge is 0.309 e. The van der Waals surface area contributed by atoms with Gasteiger partial charge >= 0.3 is 0 Å². The lowest BCUT2D eigenvalue weighted by molar-refractivity contribution is 0.576. The molecule has 5 aromatic carbocycles. The van der Waals surface area contributed by atoms with Crippen LogP contribution in [0.25, 0.3) is 94.7 Å². The average Bonchev–Trinajstić information content (AvgIpc) is 3.97. The Morgan fingerprint density at radius 3 is 1.97 bits per heavy atom. The van der Waals surface area contributed by atoms with Crippen molar-refractivity contribution >= 4 is 66.7 Å². The van der Waals surface area contributed by atoms with E-state index in [0.29, 0.717) is 11.8 Å². The van der Waals surface area contributed by atoms with E-state index in [2.05, 4.69) is 184 Å². The van der Waals surface area contributed by atoms with Crippen LogP contribution in [0, 0.1) is 5.92 Å². The topological polar surface area (TPSA) is 22.2 Å². The molecule has 0 aliphatic heterocycles. The summed E-state index contributed by atoms with van der Waals surface area (Å²) in [6.07, 6.45) is 13.4. The van der Waals surface area contributed by atoms with Gasteiger partial charge in [0, 0.05) is 44.1 Å². The smallest absolute Gasteiger partial charge is 0.0728 e. The Bertz CT molecular complexity index is 3180. The van der Waals surface area contributed by atoms with Crippen LogP contribution in [0.15, 0.2) is 145 Å². The minimum absolute atomic E-state index is 0.354. The van der Waals surface area contributed by atoms with Crippen molar-refractivity contribution in [2.75, 3.05) is 0 Å². The van der Waals surface area contributed by atoms with Gasteiger partial charge in [0.25, 0.3) is 0 Å². The molecule has 288 valence electrons. The summed E-state index contributed by atoms with van der Waals surface area (Å²) in [5.41, 5.74) is 21.6. The van der Waals surface area contributed by atoms with Crippen molar-refractivity contribution in [2.24, 2.45) is 5.92 Å². The Balaban J connectivity index is 1.28. The first-order valence-corrected chi connectivity index (χ1v) is 21.5. The number of fused-ring (bicyclic) bond motifs is 8. The number of rotatable bonds is 7. The fraction of sp³-hybridized carbons (Fsp3) is 0.196. The van der Waals surface area contributed by atoms with Gasteiger partial charge in [-0.05, 0) is 127 Å². The van der Waals surface area contributed by atoms with Gasteiger partial charge in [-0.25, -0.2) is 0 Å². The summed E-state index contributed by atoms with van der Waals surface area (Å²) in [5.74, 6) is 0.952. The molecule has 3 nitrogen and oxygen atoms in total. The number of benzene rings is 5. The number of hydrogen-bond acceptors (Lipinski definition) is 1. The Kier molecular flexibility index (Phi) is 8.21. The van der Waals surface area contributed by atoms with Crippen LogP contribution in [0.5, 0.6) is 0 Å². The molecule has 3 heteroatoms. The SMILES string of the molecule is C=Cc1c(C2=C(C)CC(C)CC(C)=C2)c2cc(-n3c4ccc(-c5ccccc5)cc4c4cc(-c5ccccc5)ccc43)cc3c4c5c(ncc4n1c23)C=C(CC)C5CC. The third-order valence-corrected chi connectivity index (χ3v) is 13.5. The van der Waals surface area contributed by atoms with Crippen LogP contribution in [-0.4, -0.2) is 14.0 Å². The Labute approximate surface area is 346 Å². The summed E-state index contributed by atoms with van der Waals surface area (Å²) in [5, 5.41) is 6.41. The molecule has 2 atom stereocenters. The van der Waals surface area contributed by atoms with Crippen molar-refractivity contribution in [1.29, 1.82) is 0 Å². The third kappa shape index (κ3) is 5.30. The van der Waals surface area contributed by atoms with Gasteiger partial charge in [0.15, 0.2) is 0 Å². The molecule has 9 aromatic rings. The van der Waals surface area contributed by atoms with E-state index in [-0.39, 0.29) is 0 Å². The van der Waals surface area contributed by atoms with Crippen LogP contribution in [0.4, 0.5) is 0 Å². The first-order chi connectivity index (χ1) is 28.9. The molecule has 0 N–H and O–H groups in total. The maximum absolute atomic E-state index is 5.21. The van der Waals surface area contributed by atoms with E-state index in [9.17, 15) is 0 Å². The van der Waals surface area contributed by atoms with Gasteiger partial charge in [-0.2, -0.15) is 0 Å². The van der Waals surface area contributed by atoms with Gasteiger partial charge in [-0.3, -0.25) is 4.98 Å². The molecule has 0 radical (unpaired) electrons. The molecule has 2 aliphatic rings. The molecule has 2 unspecified atom stereocenters. The normalized spacial score (nSPS) is 17.1. The minimum Gasteiger partial charge on any atom is -0.309 e. The van der Waals surface area contributed by atoms with Crippen LogP contribution >= 0.6 is 0 Å². The lowest BCUT2D eigenvalue weighted by Crippen LogP contribution is -2.00. The van der Waals surface area contributed by atoms with Gasteiger partial charge in [-0.15, -0.1) is 0 Å². The molecule has 11 rings (SSSR count). The van der Waals surface area contributed by atoms with Crippen LogP contribution < -0.4 is 0 Å². The van der Waals surface area contributed by atoms with Crippen LogP contribution in [0.3, 0.4) is 0 Å². The fourth-order valence-corrected chi connectivity index (χ4v) is 11.1. The zero-order valence-corrected chi connectivity index (χ0v) is 34.7. The van der Waals surface area contributed by atoms with Crippen molar-refractivity contribution in [2.45, 2.75) is 66.2 Å². The molecule has 0 fully saturated rings. The molecule has 2 aliphatic carbocycles. The van der Waals surface area contributed by atoms with Crippen molar-refractivity contribution in [3.63, 3.8) is 0 Å².